The molecule has 0 saturated carbocycles. The molecule has 0 aliphatic carbocycles. The highest BCUT2D eigenvalue weighted by atomic mass is 15.2. The lowest BCUT2D eigenvalue weighted by atomic mass is 10.1. The number of pyridine rings is 1. The first-order valence-corrected chi connectivity index (χ1v) is 14.6. The van der Waals surface area contributed by atoms with E-state index in [0.717, 1.165) is 60.6 Å². The molecule has 4 aromatic heterocycles. The van der Waals surface area contributed by atoms with Gasteiger partial charge in [-0.1, -0.05) is 97.1 Å². The monoisotopic (exact) mass is 564 g/mol. The van der Waals surface area contributed by atoms with Crippen LogP contribution in [0.1, 0.15) is 0 Å². The third kappa shape index (κ3) is 3.68. The highest BCUT2D eigenvalue weighted by Gasteiger charge is 2.23. The average Bonchev–Trinajstić information content (AvgIpc) is 3.62. The van der Waals surface area contributed by atoms with Gasteiger partial charge in [-0.05, 0) is 42.5 Å². The predicted octanol–water partition coefficient (Wildman–Crippen LogP) is 8.79. The zero-order valence-electron chi connectivity index (χ0n) is 23.5. The minimum atomic E-state index is 0.551. The number of aromatic nitrogens is 6. The van der Waals surface area contributed by atoms with E-state index >= 15 is 0 Å². The van der Waals surface area contributed by atoms with Gasteiger partial charge in [0.15, 0.2) is 11.6 Å². The molecule has 0 spiro atoms. The Labute approximate surface area is 252 Å². The number of hydrogen-bond donors (Lipinski definition) is 0. The molecule has 0 saturated heterocycles. The van der Waals surface area contributed by atoms with E-state index in [1.807, 2.05) is 72.9 Å². The second-order valence-electron chi connectivity index (χ2n) is 10.8. The van der Waals surface area contributed by atoms with Crippen LogP contribution < -0.4 is 0 Å². The first kappa shape index (κ1) is 24.5. The van der Waals surface area contributed by atoms with Crippen LogP contribution in [0, 0.1) is 0 Å². The first-order valence-electron chi connectivity index (χ1n) is 14.6. The van der Waals surface area contributed by atoms with Crippen molar-refractivity contribution in [3.8, 4) is 34.4 Å². The number of rotatable bonds is 4. The minimum absolute atomic E-state index is 0.551. The van der Waals surface area contributed by atoms with Gasteiger partial charge in [0, 0.05) is 39.2 Å². The molecule has 9 aromatic rings. The Morgan fingerprint density at radius 1 is 0.432 bits per heavy atom. The summed E-state index contributed by atoms with van der Waals surface area (Å²) < 4.78 is 4.50. The molecule has 0 amide bonds. The molecule has 0 fully saturated rings. The largest absolute Gasteiger partial charge is 0.309 e. The van der Waals surface area contributed by atoms with E-state index < -0.39 is 0 Å². The molecule has 5 aromatic carbocycles. The normalized spacial score (nSPS) is 11.6. The molecule has 44 heavy (non-hydrogen) atoms. The van der Waals surface area contributed by atoms with Crippen molar-refractivity contribution < 1.29 is 0 Å². The summed E-state index contributed by atoms with van der Waals surface area (Å²) in [6.45, 7) is 0. The molecule has 0 N–H and O–H groups in total. The summed E-state index contributed by atoms with van der Waals surface area (Å²) in [5.74, 6) is 1.79. The maximum atomic E-state index is 5.13. The summed E-state index contributed by atoms with van der Waals surface area (Å²) in [5, 5.41) is 3.33. The zero-order chi connectivity index (χ0) is 29.0. The van der Waals surface area contributed by atoms with E-state index in [0.29, 0.717) is 17.6 Å². The second-order valence-corrected chi connectivity index (χ2v) is 10.8. The van der Waals surface area contributed by atoms with Crippen LogP contribution in [-0.2, 0) is 0 Å². The number of fused-ring (bicyclic) bond motifs is 7. The number of para-hydroxylation sites is 2. The molecule has 0 aliphatic heterocycles. The average molecular weight is 565 g/mol. The number of nitrogens with zero attached hydrogens (tertiary/aromatic N) is 6. The van der Waals surface area contributed by atoms with E-state index in [4.69, 9.17) is 19.9 Å². The van der Waals surface area contributed by atoms with Crippen LogP contribution in [0.2, 0.25) is 0 Å². The quantitative estimate of drug-likeness (QED) is 0.214. The highest BCUT2D eigenvalue weighted by Crippen LogP contribution is 2.41. The minimum Gasteiger partial charge on any atom is -0.309 e. The van der Waals surface area contributed by atoms with Crippen molar-refractivity contribution >= 4 is 43.7 Å². The van der Waals surface area contributed by atoms with Crippen LogP contribution in [0.5, 0.6) is 0 Å². The van der Waals surface area contributed by atoms with Gasteiger partial charge in [0.2, 0.25) is 5.95 Å². The summed E-state index contributed by atoms with van der Waals surface area (Å²) in [7, 11) is 0. The van der Waals surface area contributed by atoms with Gasteiger partial charge in [0.25, 0.3) is 0 Å². The van der Waals surface area contributed by atoms with Crippen LogP contribution in [0.25, 0.3) is 78.2 Å². The molecule has 0 aliphatic rings. The molecule has 206 valence electrons. The number of benzene rings is 5. The standard InChI is InChI=1S/C38H24N6/c1-4-13-25(14-5-1)36-40-37(26-15-6-2-7-16-26)42-38(41-36)44-32-21-12-24-39-34(32)29-22-23-31-33(35(29)44)28-19-10-11-20-30(28)43(31)27-17-8-3-9-18-27/h1-24H. The van der Waals surface area contributed by atoms with Gasteiger partial charge in [-0.3, -0.25) is 9.55 Å². The molecule has 9 rings (SSSR count). The molecular weight excluding hydrogens is 540 g/mol. The Morgan fingerprint density at radius 2 is 1.05 bits per heavy atom. The molecule has 0 bridgehead atoms. The predicted molar refractivity (Wildman–Crippen MR) is 177 cm³/mol. The Hall–Kier alpha value is -6.14. The fourth-order valence-corrected chi connectivity index (χ4v) is 6.33. The summed E-state index contributed by atoms with van der Waals surface area (Å²) in [6.07, 6.45) is 1.85. The second kappa shape index (κ2) is 9.71. The van der Waals surface area contributed by atoms with E-state index in [1.54, 1.807) is 0 Å². The summed E-state index contributed by atoms with van der Waals surface area (Å²) in [4.78, 5) is 20.1. The van der Waals surface area contributed by atoms with Crippen molar-refractivity contribution in [1.29, 1.82) is 0 Å². The van der Waals surface area contributed by atoms with Crippen LogP contribution in [0.4, 0.5) is 0 Å². The lowest BCUT2D eigenvalue weighted by Crippen LogP contribution is -2.06. The van der Waals surface area contributed by atoms with Gasteiger partial charge in [-0.2, -0.15) is 9.97 Å². The molecule has 4 heterocycles. The third-order valence-corrected chi connectivity index (χ3v) is 8.22. The Bertz CT molecular complexity index is 2420. The van der Waals surface area contributed by atoms with E-state index in [-0.39, 0.29) is 0 Å². The zero-order valence-corrected chi connectivity index (χ0v) is 23.5. The van der Waals surface area contributed by atoms with Crippen molar-refractivity contribution in [2.24, 2.45) is 0 Å². The fourth-order valence-electron chi connectivity index (χ4n) is 6.33. The Kier molecular flexibility index (Phi) is 5.40. The van der Waals surface area contributed by atoms with E-state index in [9.17, 15) is 0 Å². The first-order chi connectivity index (χ1) is 21.8. The van der Waals surface area contributed by atoms with Crippen molar-refractivity contribution in [3.05, 3.63) is 146 Å². The van der Waals surface area contributed by atoms with Crippen LogP contribution >= 0.6 is 0 Å². The highest BCUT2D eigenvalue weighted by molar-refractivity contribution is 6.25. The van der Waals surface area contributed by atoms with E-state index in [2.05, 4.69) is 81.9 Å². The maximum Gasteiger partial charge on any atom is 0.238 e. The molecule has 6 nitrogen and oxygen atoms in total. The summed E-state index contributed by atoms with van der Waals surface area (Å²) in [6, 6.07) is 47.7. The molecular formula is C38H24N6. The van der Waals surface area contributed by atoms with Crippen molar-refractivity contribution in [3.63, 3.8) is 0 Å². The van der Waals surface area contributed by atoms with Gasteiger partial charge in [-0.15, -0.1) is 0 Å². The van der Waals surface area contributed by atoms with Gasteiger partial charge >= 0.3 is 0 Å². The van der Waals surface area contributed by atoms with Crippen molar-refractivity contribution in [1.82, 2.24) is 29.1 Å². The molecule has 0 unspecified atom stereocenters. The molecule has 6 heteroatoms. The van der Waals surface area contributed by atoms with E-state index in [1.165, 1.54) is 0 Å². The van der Waals surface area contributed by atoms with Gasteiger partial charge in [0.1, 0.15) is 0 Å². The third-order valence-electron chi connectivity index (χ3n) is 8.22. The summed E-state index contributed by atoms with van der Waals surface area (Å²) in [5.41, 5.74) is 8.07. The SMILES string of the molecule is c1ccc(-c2nc(-c3ccccc3)nc(-n3c4cccnc4c4ccc5c(c6ccccc6n5-c5ccccc5)c43)n2)cc1. The summed E-state index contributed by atoms with van der Waals surface area (Å²) >= 11 is 0. The van der Waals surface area contributed by atoms with Crippen molar-refractivity contribution in [2.75, 3.05) is 0 Å². The Morgan fingerprint density at radius 3 is 1.75 bits per heavy atom. The lowest BCUT2D eigenvalue weighted by molar-refractivity contribution is 0.954. The van der Waals surface area contributed by atoms with Crippen LogP contribution in [0.15, 0.2) is 146 Å². The number of hydrogen-bond acceptors (Lipinski definition) is 4. The van der Waals surface area contributed by atoms with Crippen LogP contribution in [0.3, 0.4) is 0 Å². The van der Waals surface area contributed by atoms with Crippen molar-refractivity contribution in [2.45, 2.75) is 0 Å². The smallest absolute Gasteiger partial charge is 0.238 e. The topological polar surface area (TPSA) is 61.4 Å². The Balaban J connectivity index is 1.46. The fraction of sp³-hybridized carbons (Fsp3) is 0. The molecule has 0 atom stereocenters. The lowest BCUT2D eigenvalue weighted by Gasteiger charge is -2.11. The maximum absolute atomic E-state index is 5.13. The van der Waals surface area contributed by atoms with Gasteiger partial charge in [0.05, 0.1) is 27.6 Å². The van der Waals surface area contributed by atoms with Crippen LogP contribution in [-0.4, -0.2) is 29.1 Å². The van der Waals surface area contributed by atoms with Gasteiger partial charge in [-0.25, -0.2) is 4.98 Å². The van der Waals surface area contributed by atoms with Gasteiger partial charge < -0.3 is 4.57 Å². The molecule has 0 radical (unpaired) electrons.